The maximum Gasteiger partial charge on any atom is 0.328 e. The standard InChI is InChI=1S/C14H21N3O5/c1-14(2,3)6-5-9(12(20)21)16-10(18)8-7-15-13(22)17(4)11(8)19/h7,9H,5-6H2,1-4H3,(H,15,22)(H,16,18)(H,20,21). The van der Waals surface area contributed by atoms with Gasteiger partial charge in [-0.15, -0.1) is 0 Å². The molecule has 0 saturated heterocycles. The summed E-state index contributed by atoms with van der Waals surface area (Å²) in [6.45, 7) is 5.89. The Morgan fingerprint density at radius 1 is 1.36 bits per heavy atom. The van der Waals surface area contributed by atoms with Crippen molar-refractivity contribution in [3.8, 4) is 0 Å². The zero-order valence-electron chi connectivity index (χ0n) is 13.1. The van der Waals surface area contributed by atoms with Crippen molar-refractivity contribution in [1.82, 2.24) is 14.9 Å². The summed E-state index contributed by atoms with van der Waals surface area (Å²) in [4.78, 5) is 48.6. The minimum Gasteiger partial charge on any atom is -0.480 e. The van der Waals surface area contributed by atoms with E-state index in [1.165, 1.54) is 7.05 Å². The van der Waals surface area contributed by atoms with Gasteiger partial charge in [-0.05, 0) is 18.3 Å². The van der Waals surface area contributed by atoms with Crippen LogP contribution in [0.2, 0.25) is 0 Å². The van der Waals surface area contributed by atoms with Gasteiger partial charge in [0, 0.05) is 13.2 Å². The average Bonchev–Trinajstić information content (AvgIpc) is 2.39. The monoisotopic (exact) mass is 311 g/mol. The van der Waals surface area contributed by atoms with Crippen molar-refractivity contribution in [3.05, 3.63) is 32.6 Å². The number of H-pyrrole nitrogens is 1. The van der Waals surface area contributed by atoms with Crippen molar-refractivity contribution >= 4 is 11.9 Å². The number of carbonyl (C=O) groups is 2. The number of hydrogen-bond acceptors (Lipinski definition) is 4. The van der Waals surface area contributed by atoms with Gasteiger partial charge >= 0.3 is 11.7 Å². The third-order valence-corrected chi connectivity index (χ3v) is 3.21. The number of aliphatic carboxylic acids is 1. The molecule has 122 valence electrons. The van der Waals surface area contributed by atoms with Gasteiger partial charge in [-0.1, -0.05) is 20.8 Å². The Labute approximate surface area is 127 Å². The molecule has 1 unspecified atom stereocenters. The van der Waals surface area contributed by atoms with E-state index in [-0.39, 0.29) is 17.4 Å². The molecule has 1 atom stereocenters. The second kappa shape index (κ2) is 6.59. The molecular weight excluding hydrogens is 290 g/mol. The Kier molecular flexibility index (Phi) is 5.29. The summed E-state index contributed by atoms with van der Waals surface area (Å²) in [5, 5.41) is 11.5. The van der Waals surface area contributed by atoms with Gasteiger partial charge in [0.15, 0.2) is 0 Å². The van der Waals surface area contributed by atoms with Crippen LogP contribution in [0, 0.1) is 5.41 Å². The van der Waals surface area contributed by atoms with Gasteiger partial charge in [-0.2, -0.15) is 0 Å². The molecule has 1 rings (SSSR count). The summed E-state index contributed by atoms with van der Waals surface area (Å²) in [5.41, 5.74) is -1.80. The molecule has 1 aromatic heterocycles. The van der Waals surface area contributed by atoms with Crippen LogP contribution in [0.3, 0.4) is 0 Å². The van der Waals surface area contributed by atoms with Gasteiger partial charge in [0.2, 0.25) is 0 Å². The summed E-state index contributed by atoms with van der Waals surface area (Å²) in [7, 11) is 1.23. The van der Waals surface area contributed by atoms with Gasteiger partial charge in [0.25, 0.3) is 11.5 Å². The first-order chi connectivity index (χ1) is 10.0. The van der Waals surface area contributed by atoms with Gasteiger partial charge in [-0.3, -0.25) is 14.2 Å². The van der Waals surface area contributed by atoms with Crippen LogP contribution in [0.15, 0.2) is 15.8 Å². The molecule has 0 saturated carbocycles. The van der Waals surface area contributed by atoms with Gasteiger partial charge < -0.3 is 15.4 Å². The number of carboxylic acids is 1. The van der Waals surface area contributed by atoms with Crippen LogP contribution in [0.25, 0.3) is 0 Å². The maximum atomic E-state index is 12.1. The lowest BCUT2D eigenvalue weighted by Crippen LogP contribution is -2.45. The van der Waals surface area contributed by atoms with Crippen LogP contribution in [-0.2, 0) is 11.8 Å². The van der Waals surface area contributed by atoms with Crippen LogP contribution in [0.4, 0.5) is 0 Å². The molecule has 3 N–H and O–H groups in total. The minimum atomic E-state index is -1.17. The van der Waals surface area contributed by atoms with E-state index in [0.29, 0.717) is 6.42 Å². The zero-order chi connectivity index (χ0) is 17.1. The van der Waals surface area contributed by atoms with E-state index in [0.717, 1.165) is 10.8 Å². The first kappa shape index (κ1) is 17.7. The fourth-order valence-electron chi connectivity index (χ4n) is 1.80. The number of nitrogens with zero attached hydrogens (tertiary/aromatic N) is 1. The number of nitrogens with one attached hydrogen (secondary N) is 2. The molecule has 0 fully saturated rings. The number of carbonyl (C=O) groups excluding carboxylic acids is 1. The van der Waals surface area contributed by atoms with Gasteiger partial charge in [0.05, 0.1) is 0 Å². The predicted molar refractivity (Wildman–Crippen MR) is 79.9 cm³/mol. The van der Waals surface area contributed by atoms with Crippen LogP contribution in [0.5, 0.6) is 0 Å². The van der Waals surface area contributed by atoms with Crippen LogP contribution in [-0.4, -0.2) is 32.6 Å². The smallest absolute Gasteiger partial charge is 0.328 e. The fourth-order valence-corrected chi connectivity index (χ4v) is 1.80. The average molecular weight is 311 g/mol. The van der Waals surface area contributed by atoms with E-state index in [1.807, 2.05) is 20.8 Å². The first-order valence-corrected chi connectivity index (χ1v) is 6.85. The molecule has 0 aromatic carbocycles. The quantitative estimate of drug-likeness (QED) is 0.711. The number of carboxylic acid groups (broad SMARTS) is 1. The number of amides is 1. The SMILES string of the molecule is Cn1c(=O)[nH]cc(C(=O)NC(CCC(C)(C)C)C(=O)O)c1=O. The lowest BCUT2D eigenvalue weighted by Gasteiger charge is -2.21. The minimum absolute atomic E-state index is 0.0768. The fraction of sp³-hybridized carbons (Fsp3) is 0.571. The maximum absolute atomic E-state index is 12.1. The Morgan fingerprint density at radius 3 is 2.45 bits per heavy atom. The molecule has 0 aliphatic heterocycles. The van der Waals surface area contributed by atoms with E-state index < -0.39 is 29.2 Å². The van der Waals surface area contributed by atoms with Crippen molar-refractivity contribution < 1.29 is 14.7 Å². The van der Waals surface area contributed by atoms with Gasteiger partial charge in [0.1, 0.15) is 11.6 Å². The molecule has 0 aliphatic carbocycles. The van der Waals surface area contributed by atoms with Crippen molar-refractivity contribution in [2.24, 2.45) is 12.5 Å². The Hall–Kier alpha value is -2.38. The lowest BCUT2D eigenvalue weighted by molar-refractivity contribution is -0.139. The highest BCUT2D eigenvalue weighted by molar-refractivity contribution is 5.95. The Morgan fingerprint density at radius 2 is 1.95 bits per heavy atom. The third kappa shape index (κ3) is 4.57. The number of hydrogen-bond donors (Lipinski definition) is 3. The molecule has 1 amide bonds. The van der Waals surface area contributed by atoms with Crippen molar-refractivity contribution in [2.75, 3.05) is 0 Å². The molecule has 1 aromatic rings. The van der Waals surface area contributed by atoms with E-state index in [4.69, 9.17) is 0 Å². The van der Waals surface area contributed by atoms with Gasteiger partial charge in [-0.25, -0.2) is 9.59 Å². The highest BCUT2D eigenvalue weighted by Crippen LogP contribution is 2.21. The topological polar surface area (TPSA) is 121 Å². The molecular formula is C14H21N3O5. The normalized spacial score (nSPS) is 12.7. The molecule has 0 spiro atoms. The molecule has 8 heteroatoms. The molecule has 0 aliphatic rings. The summed E-state index contributed by atoms with van der Waals surface area (Å²) >= 11 is 0. The molecule has 22 heavy (non-hydrogen) atoms. The van der Waals surface area contributed by atoms with Crippen LogP contribution in [0.1, 0.15) is 44.0 Å². The zero-order valence-corrected chi connectivity index (χ0v) is 13.1. The number of aromatic amines is 1. The second-order valence-corrected chi connectivity index (χ2v) is 6.34. The second-order valence-electron chi connectivity index (χ2n) is 6.34. The summed E-state index contributed by atoms with van der Waals surface area (Å²) in [6, 6.07) is -1.09. The van der Waals surface area contributed by atoms with Crippen molar-refractivity contribution in [2.45, 2.75) is 39.7 Å². The van der Waals surface area contributed by atoms with Crippen LogP contribution >= 0.6 is 0 Å². The first-order valence-electron chi connectivity index (χ1n) is 6.85. The van der Waals surface area contributed by atoms with Crippen LogP contribution < -0.4 is 16.6 Å². The number of rotatable bonds is 5. The Balaban J connectivity index is 2.93. The van der Waals surface area contributed by atoms with E-state index in [9.17, 15) is 24.3 Å². The van der Waals surface area contributed by atoms with E-state index >= 15 is 0 Å². The third-order valence-electron chi connectivity index (χ3n) is 3.21. The molecule has 1 heterocycles. The highest BCUT2D eigenvalue weighted by atomic mass is 16.4. The summed E-state index contributed by atoms with van der Waals surface area (Å²) < 4.78 is 0.750. The summed E-state index contributed by atoms with van der Waals surface area (Å²) in [5.74, 6) is -1.99. The van der Waals surface area contributed by atoms with Crippen molar-refractivity contribution in [1.29, 1.82) is 0 Å². The predicted octanol–water partition coefficient (Wildman–Crippen LogP) is 0.0829. The number of aromatic nitrogens is 2. The van der Waals surface area contributed by atoms with E-state index in [1.54, 1.807) is 0 Å². The molecule has 0 bridgehead atoms. The lowest BCUT2D eigenvalue weighted by atomic mass is 9.88. The molecule has 8 nitrogen and oxygen atoms in total. The molecule has 0 radical (unpaired) electrons. The largest absolute Gasteiger partial charge is 0.480 e. The van der Waals surface area contributed by atoms with E-state index in [2.05, 4.69) is 10.3 Å². The highest BCUT2D eigenvalue weighted by Gasteiger charge is 2.24. The Bertz CT molecular complexity index is 681. The van der Waals surface area contributed by atoms with Crippen molar-refractivity contribution in [3.63, 3.8) is 0 Å². The summed E-state index contributed by atoms with van der Waals surface area (Å²) in [6.07, 6.45) is 1.82.